The molecule has 7 heteroatoms. The first-order chi connectivity index (χ1) is 11.3. The zero-order valence-corrected chi connectivity index (χ0v) is 16.0. The fourth-order valence-electron chi connectivity index (χ4n) is 2.48. The molecule has 2 unspecified atom stereocenters. The summed E-state index contributed by atoms with van der Waals surface area (Å²) in [5, 5.41) is 5.92. The number of sulfonamides is 1. The number of amides is 1. The maximum absolute atomic E-state index is 12.5. The van der Waals surface area contributed by atoms with Crippen LogP contribution >= 0.6 is 0 Å². The molecule has 0 fully saturated rings. The largest absolute Gasteiger partial charge is 0.349 e. The topological polar surface area (TPSA) is 78.5 Å². The van der Waals surface area contributed by atoms with E-state index in [2.05, 4.69) is 10.6 Å². The highest BCUT2D eigenvalue weighted by Crippen LogP contribution is 2.19. The van der Waals surface area contributed by atoms with E-state index in [-0.39, 0.29) is 22.8 Å². The summed E-state index contributed by atoms with van der Waals surface area (Å²) in [6.45, 7) is 8.88. The third kappa shape index (κ3) is 5.03. The average molecular weight is 356 g/mol. The van der Waals surface area contributed by atoms with Crippen LogP contribution in [0, 0.1) is 5.92 Å². The van der Waals surface area contributed by atoms with Crippen LogP contribution in [-0.2, 0) is 14.8 Å². The van der Waals surface area contributed by atoms with E-state index in [0.717, 1.165) is 5.56 Å². The summed E-state index contributed by atoms with van der Waals surface area (Å²) in [5.41, 5.74) is 0.874. The lowest BCUT2D eigenvalue weighted by molar-refractivity contribution is -0.125. The predicted molar refractivity (Wildman–Crippen MR) is 96.2 cm³/mol. The van der Waals surface area contributed by atoms with E-state index >= 15 is 0 Å². The van der Waals surface area contributed by atoms with Crippen LogP contribution in [0.3, 0.4) is 0 Å². The predicted octanol–water partition coefficient (Wildman–Crippen LogP) is 1.75. The van der Waals surface area contributed by atoms with Crippen molar-refractivity contribution in [1.82, 2.24) is 14.9 Å². The summed E-state index contributed by atoms with van der Waals surface area (Å²) < 4.78 is 26.4. The van der Waals surface area contributed by atoms with E-state index in [4.69, 9.17) is 0 Å². The van der Waals surface area contributed by atoms with Gasteiger partial charge >= 0.3 is 0 Å². The van der Waals surface area contributed by atoms with Crippen molar-refractivity contribution in [2.75, 3.05) is 26.7 Å². The Bertz CT molecular complexity index is 625. The number of hydrogen-bond donors (Lipinski definition) is 2. The number of hydrogen-bond acceptors (Lipinski definition) is 4. The lowest BCUT2D eigenvalue weighted by Gasteiger charge is -2.20. The number of carbonyl (C=O) groups excluding carboxylic acids is 1. The molecular formula is C17H29N3O3S. The Morgan fingerprint density at radius 3 is 2.12 bits per heavy atom. The highest BCUT2D eigenvalue weighted by atomic mass is 32.2. The maximum atomic E-state index is 12.5. The Morgan fingerprint density at radius 2 is 1.67 bits per heavy atom. The molecule has 0 aromatic heterocycles. The first-order valence-corrected chi connectivity index (χ1v) is 9.76. The highest BCUT2D eigenvalue weighted by molar-refractivity contribution is 7.89. The van der Waals surface area contributed by atoms with E-state index in [9.17, 15) is 13.2 Å². The van der Waals surface area contributed by atoms with Crippen LogP contribution in [0.15, 0.2) is 29.2 Å². The molecule has 0 heterocycles. The number of rotatable bonds is 9. The van der Waals surface area contributed by atoms with Gasteiger partial charge in [-0.05, 0) is 31.7 Å². The molecule has 1 aromatic rings. The van der Waals surface area contributed by atoms with E-state index in [0.29, 0.717) is 19.6 Å². The molecule has 6 nitrogen and oxygen atoms in total. The van der Waals surface area contributed by atoms with Crippen LogP contribution in [0.25, 0.3) is 0 Å². The number of nitrogens with one attached hydrogen (secondary N) is 2. The first-order valence-electron chi connectivity index (χ1n) is 8.32. The molecule has 0 aliphatic rings. The zero-order valence-electron chi connectivity index (χ0n) is 15.2. The molecule has 0 spiro atoms. The minimum absolute atomic E-state index is 0.0308. The van der Waals surface area contributed by atoms with Gasteiger partial charge in [-0.3, -0.25) is 4.79 Å². The van der Waals surface area contributed by atoms with Crippen molar-refractivity contribution < 1.29 is 13.2 Å². The summed E-state index contributed by atoms with van der Waals surface area (Å²) in [7, 11) is -1.64. The third-order valence-electron chi connectivity index (χ3n) is 4.04. The first kappa shape index (κ1) is 20.6. The molecule has 0 aliphatic carbocycles. The van der Waals surface area contributed by atoms with E-state index in [1.165, 1.54) is 4.31 Å². The van der Waals surface area contributed by atoms with Crippen molar-refractivity contribution >= 4 is 15.9 Å². The average Bonchev–Trinajstić information content (AvgIpc) is 2.56. The van der Waals surface area contributed by atoms with E-state index < -0.39 is 10.0 Å². The Balaban J connectivity index is 2.85. The van der Waals surface area contributed by atoms with Gasteiger partial charge in [-0.1, -0.05) is 32.9 Å². The molecule has 0 bridgehead atoms. The van der Waals surface area contributed by atoms with E-state index in [1.807, 2.05) is 34.7 Å². The SMILES string of the molecule is CCN(CC)S(=O)(=O)c1ccc(C(C)NC(=O)C(C)CNC)cc1. The molecule has 1 aromatic carbocycles. The molecule has 136 valence electrons. The van der Waals surface area contributed by atoms with Crippen molar-refractivity contribution in [3.05, 3.63) is 29.8 Å². The standard InChI is InChI=1S/C17H29N3O3S/c1-6-20(7-2)24(22,23)16-10-8-15(9-11-16)14(4)19-17(21)13(3)12-18-5/h8-11,13-14,18H,6-7,12H2,1-5H3,(H,19,21). The van der Waals surface area contributed by atoms with Crippen LogP contribution in [-0.4, -0.2) is 45.3 Å². The molecule has 0 saturated heterocycles. The quantitative estimate of drug-likeness (QED) is 0.707. The monoisotopic (exact) mass is 355 g/mol. The third-order valence-corrected chi connectivity index (χ3v) is 6.10. The van der Waals surface area contributed by atoms with Gasteiger partial charge in [0.05, 0.1) is 10.9 Å². The highest BCUT2D eigenvalue weighted by Gasteiger charge is 2.22. The molecule has 0 radical (unpaired) electrons. The van der Waals surface area contributed by atoms with Crippen LogP contribution in [0.4, 0.5) is 0 Å². The Kier molecular flexibility index (Phi) is 7.86. The smallest absolute Gasteiger partial charge is 0.243 e. The second kappa shape index (κ2) is 9.15. The van der Waals surface area contributed by atoms with Gasteiger partial charge in [0.2, 0.25) is 15.9 Å². The van der Waals surface area contributed by atoms with Crippen molar-refractivity contribution in [3.63, 3.8) is 0 Å². The molecular weight excluding hydrogens is 326 g/mol. The van der Waals surface area contributed by atoms with Gasteiger partial charge < -0.3 is 10.6 Å². The Labute approximate surface area is 145 Å². The lowest BCUT2D eigenvalue weighted by atomic mass is 10.1. The molecule has 24 heavy (non-hydrogen) atoms. The summed E-state index contributed by atoms with van der Waals surface area (Å²) in [6, 6.07) is 6.53. The second-order valence-electron chi connectivity index (χ2n) is 5.85. The van der Waals surface area contributed by atoms with Crippen LogP contribution in [0.1, 0.15) is 39.3 Å². The summed E-state index contributed by atoms with van der Waals surface area (Å²) in [5.74, 6) is -0.156. The Hall–Kier alpha value is -1.44. The Morgan fingerprint density at radius 1 is 1.12 bits per heavy atom. The van der Waals surface area contributed by atoms with Gasteiger partial charge in [0.1, 0.15) is 0 Å². The second-order valence-corrected chi connectivity index (χ2v) is 7.79. The van der Waals surface area contributed by atoms with Crippen molar-refractivity contribution in [1.29, 1.82) is 0 Å². The van der Waals surface area contributed by atoms with Gasteiger partial charge in [0.15, 0.2) is 0 Å². The summed E-state index contributed by atoms with van der Waals surface area (Å²) >= 11 is 0. The molecule has 1 amide bonds. The van der Waals surface area contributed by atoms with Crippen molar-refractivity contribution in [2.24, 2.45) is 5.92 Å². The summed E-state index contributed by atoms with van der Waals surface area (Å²) in [4.78, 5) is 12.3. The minimum atomic E-state index is -3.45. The van der Waals surface area contributed by atoms with Gasteiger partial charge in [-0.2, -0.15) is 4.31 Å². The normalized spacial score (nSPS) is 14.4. The van der Waals surface area contributed by atoms with Crippen LogP contribution in [0.5, 0.6) is 0 Å². The van der Waals surface area contributed by atoms with Crippen LogP contribution < -0.4 is 10.6 Å². The molecule has 0 saturated carbocycles. The lowest BCUT2D eigenvalue weighted by Crippen LogP contribution is -2.35. The minimum Gasteiger partial charge on any atom is -0.349 e. The molecule has 0 aliphatic heterocycles. The van der Waals surface area contributed by atoms with E-state index in [1.54, 1.807) is 24.3 Å². The molecule has 1 rings (SSSR count). The fourth-order valence-corrected chi connectivity index (χ4v) is 3.94. The maximum Gasteiger partial charge on any atom is 0.243 e. The fraction of sp³-hybridized carbons (Fsp3) is 0.588. The van der Waals surface area contributed by atoms with Crippen LogP contribution in [0.2, 0.25) is 0 Å². The summed E-state index contributed by atoms with van der Waals surface area (Å²) in [6.07, 6.45) is 0. The van der Waals surface area contributed by atoms with Gasteiger partial charge in [0.25, 0.3) is 0 Å². The number of carbonyl (C=O) groups is 1. The van der Waals surface area contributed by atoms with Gasteiger partial charge in [-0.25, -0.2) is 8.42 Å². The van der Waals surface area contributed by atoms with Crippen molar-refractivity contribution in [2.45, 2.75) is 38.6 Å². The zero-order chi connectivity index (χ0) is 18.3. The van der Waals surface area contributed by atoms with Gasteiger partial charge in [0, 0.05) is 25.6 Å². The van der Waals surface area contributed by atoms with Gasteiger partial charge in [-0.15, -0.1) is 0 Å². The van der Waals surface area contributed by atoms with Crippen molar-refractivity contribution in [3.8, 4) is 0 Å². The number of nitrogens with zero attached hydrogens (tertiary/aromatic N) is 1. The number of benzene rings is 1. The molecule has 2 N–H and O–H groups in total. The molecule has 2 atom stereocenters.